The van der Waals surface area contributed by atoms with Crippen molar-refractivity contribution in [2.45, 2.75) is 6.54 Å². The molecule has 0 radical (unpaired) electrons. The second-order valence-corrected chi connectivity index (χ2v) is 6.11. The summed E-state index contributed by atoms with van der Waals surface area (Å²) < 4.78 is 12.1. The molecule has 0 aliphatic carbocycles. The van der Waals surface area contributed by atoms with Crippen LogP contribution in [0.1, 0.15) is 5.56 Å². The zero-order valence-corrected chi connectivity index (χ0v) is 14.6. The molecule has 0 bridgehead atoms. The molecular formula is C16H17ClINO2. The minimum atomic E-state index is 0.611. The highest BCUT2D eigenvalue weighted by atomic mass is 127. The fourth-order valence-electron chi connectivity index (χ4n) is 1.82. The van der Waals surface area contributed by atoms with Gasteiger partial charge in [0.1, 0.15) is 11.5 Å². The Kier molecular flexibility index (Phi) is 6.76. The molecule has 2 aromatic carbocycles. The normalized spacial score (nSPS) is 10.6. The van der Waals surface area contributed by atoms with Crippen LogP contribution in [0.2, 0.25) is 5.02 Å². The van der Waals surface area contributed by atoms with Gasteiger partial charge in [-0.15, -0.1) is 0 Å². The van der Waals surface area contributed by atoms with Gasteiger partial charge < -0.3 is 14.8 Å². The Labute approximate surface area is 143 Å². The third kappa shape index (κ3) is 5.14. The summed E-state index contributed by atoms with van der Waals surface area (Å²) in [7, 11) is 1.69. The molecule has 112 valence electrons. The maximum atomic E-state index is 6.27. The van der Waals surface area contributed by atoms with Gasteiger partial charge in [0.05, 0.1) is 11.6 Å². The molecule has 0 heterocycles. The van der Waals surface area contributed by atoms with E-state index in [1.165, 1.54) is 3.57 Å². The van der Waals surface area contributed by atoms with Gasteiger partial charge in [-0.05, 0) is 52.9 Å². The Balaban J connectivity index is 2.11. The third-order valence-electron chi connectivity index (χ3n) is 2.88. The Morgan fingerprint density at radius 2 is 1.90 bits per heavy atom. The maximum absolute atomic E-state index is 6.27. The van der Waals surface area contributed by atoms with Crippen molar-refractivity contribution in [3.8, 4) is 11.5 Å². The van der Waals surface area contributed by atoms with E-state index in [4.69, 9.17) is 21.1 Å². The number of rotatable bonds is 7. The van der Waals surface area contributed by atoms with Crippen molar-refractivity contribution in [2.75, 3.05) is 20.3 Å². The molecule has 0 aliphatic heterocycles. The highest BCUT2D eigenvalue weighted by molar-refractivity contribution is 14.1. The molecule has 2 rings (SSSR count). The Morgan fingerprint density at radius 1 is 1.14 bits per heavy atom. The average Bonchev–Trinajstić information content (AvgIpc) is 2.49. The first kappa shape index (κ1) is 16.5. The van der Waals surface area contributed by atoms with Crippen molar-refractivity contribution in [3.05, 3.63) is 56.6 Å². The molecule has 0 unspecified atom stereocenters. The Hall–Kier alpha value is -0.820. The zero-order valence-electron chi connectivity index (χ0n) is 11.7. The van der Waals surface area contributed by atoms with Gasteiger partial charge in [-0.2, -0.15) is 0 Å². The molecule has 0 spiro atoms. The van der Waals surface area contributed by atoms with Crippen LogP contribution in [0.3, 0.4) is 0 Å². The topological polar surface area (TPSA) is 30.5 Å². The highest BCUT2D eigenvalue weighted by Crippen LogP contribution is 2.33. The van der Waals surface area contributed by atoms with Crippen molar-refractivity contribution >= 4 is 34.2 Å². The predicted octanol–water partition coefficient (Wildman–Crippen LogP) is 4.47. The minimum Gasteiger partial charge on any atom is -0.455 e. The first-order chi connectivity index (χ1) is 10.2. The quantitative estimate of drug-likeness (QED) is 0.532. The van der Waals surface area contributed by atoms with Gasteiger partial charge in [0, 0.05) is 29.3 Å². The van der Waals surface area contributed by atoms with Gasteiger partial charge in [0.25, 0.3) is 0 Å². The molecule has 0 saturated heterocycles. The van der Waals surface area contributed by atoms with E-state index in [0.29, 0.717) is 23.9 Å². The van der Waals surface area contributed by atoms with Crippen LogP contribution in [0.25, 0.3) is 0 Å². The summed E-state index contributed by atoms with van der Waals surface area (Å²) in [5.41, 5.74) is 1.03. The Morgan fingerprint density at radius 3 is 2.62 bits per heavy atom. The molecular weight excluding hydrogens is 401 g/mol. The van der Waals surface area contributed by atoms with E-state index in [0.717, 1.165) is 17.9 Å². The van der Waals surface area contributed by atoms with Crippen molar-refractivity contribution in [2.24, 2.45) is 0 Å². The smallest absolute Gasteiger partial charge is 0.150 e. The molecule has 5 heteroatoms. The molecule has 0 saturated carbocycles. The molecule has 0 amide bonds. The van der Waals surface area contributed by atoms with Crippen molar-refractivity contribution < 1.29 is 9.47 Å². The largest absolute Gasteiger partial charge is 0.455 e. The van der Waals surface area contributed by atoms with Crippen LogP contribution >= 0.6 is 34.2 Å². The second kappa shape index (κ2) is 8.58. The number of hydrogen-bond donors (Lipinski definition) is 1. The summed E-state index contributed by atoms with van der Waals surface area (Å²) in [5, 5.41) is 3.91. The van der Waals surface area contributed by atoms with Crippen LogP contribution in [0.5, 0.6) is 11.5 Å². The van der Waals surface area contributed by atoms with Crippen LogP contribution < -0.4 is 10.1 Å². The number of ether oxygens (including phenoxy) is 2. The van der Waals surface area contributed by atoms with E-state index in [1.807, 2.05) is 42.5 Å². The molecule has 0 aromatic heterocycles. The molecule has 0 aliphatic rings. The van der Waals surface area contributed by atoms with E-state index in [2.05, 4.69) is 27.9 Å². The predicted molar refractivity (Wildman–Crippen MR) is 94.3 cm³/mol. The van der Waals surface area contributed by atoms with Gasteiger partial charge in [0.2, 0.25) is 0 Å². The van der Waals surface area contributed by atoms with Gasteiger partial charge >= 0.3 is 0 Å². The van der Waals surface area contributed by atoms with Crippen LogP contribution in [0.15, 0.2) is 42.5 Å². The molecule has 21 heavy (non-hydrogen) atoms. The summed E-state index contributed by atoms with van der Waals surface area (Å²) in [6.45, 7) is 2.14. The van der Waals surface area contributed by atoms with E-state index < -0.39 is 0 Å². The monoisotopic (exact) mass is 417 g/mol. The maximum Gasteiger partial charge on any atom is 0.150 e. The number of para-hydroxylation sites is 1. The van der Waals surface area contributed by atoms with Gasteiger partial charge in [-0.1, -0.05) is 23.7 Å². The fraction of sp³-hybridized carbons (Fsp3) is 0.250. The standard InChI is InChI=1S/C16H17ClINO2/c1-20-10-9-19-11-12-3-2-4-15(17)16(12)21-14-7-5-13(18)6-8-14/h2-8,19H,9-11H2,1H3. The summed E-state index contributed by atoms with van der Waals surface area (Å²) in [6.07, 6.45) is 0. The molecule has 1 N–H and O–H groups in total. The van der Waals surface area contributed by atoms with Gasteiger partial charge in [-0.25, -0.2) is 0 Å². The number of benzene rings is 2. The number of halogens is 2. The number of hydrogen-bond acceptors (Lipinski definition) is 3. The summed E-state index contributed by atoms with van der Waals surface area (Å²) in [4.78, 5) is 0. The first-order valence-corrected chi connectivity index (χ1v) is 8.07. The summed E-state index contributed by atoms with van der Waals surface area (Å²) in [6, 6.07) is 13.7. The van der Waals surface area contributed by atoms with Crippen molar-refractivity contribution in [3.63, 3.8) is 0 Å². The fourth-order valence-corrected chi connectivity index (χ4v) is 2.42. The van der Waals surface area contributed by atoms with E-state index in [9.17, 15) is 0 Å². The van der Waals surface area contributed by atoms with Crippen molar-refractivity contribution in [1.29, 1.82) is 0 Å². The van der Waals surface area contributed by atoms with Crippen LogP contribution in [0, 0.1) is 3.57 Å². The summed E-state index contributed by atoms with van der Waals surface area (Å²) in [5.74, 6) is 1.48. The van der Waals surface area contributed by atoms with Crippen LogP contribution in [-0.4, -0.2) is 20.3 Å². The average molecular weight is 418 g/mol. The zero-order chi connectivity index (χ0) is 15.1. The second-order valence-electron chi connectivity index (χ2n) is 4.45. The number of nitrogens with one attached hydrogen (secondary N) is 1. The van der Waals surface area contributed by atoms with Gasteiger partial charge in [-0.3, -0.25) is 0 Å². The lowest BCUT2D eigenvalue weighted by molar-refractivity contribution is 0.199. The third-order valence-corrected chi connectivity index (χ3v) is 3.90. The molecule has 2 aromatic rings. The van der Waals surface area contributed by atoms with Crippen LogP contribution in [0.4, 0.5) is 0 Å². The van der Waals surface area contributed by atoms with Gasteiger partial charge in [0.15, 0.2) is 0 Å². The highest BCUT2D eigenvalue weighted by Gasteiger charge is 2.09. The molecule has 0 atom stereocenters. The number of methoxy groups -OCH3 is 1. The lowest BCUT2D eigenvalue weighted by Crippen LogP contribution is -2.18. The SMILES string of the molecule is COCCNCc1cccc(Cl)c1Oc1ccc(I)cc1. The minimum absolute atomic E-state index is 0.611. The lowest BCUT2D eigenvalue weighted by atomic mass is 10.2. The molecule has 0 fully saturated rings. The first-order valence-electron chi connectivity index (χ1n) is 6.61. The Bertz CT molecular complexity index is 575. The molecule has 3 nitrogen and oxygen atoms in total. The van der Waals surface area contributed by atoms with E-state index >= 15 is 0 Å². The van der Waals surface area contributed by atoms with E-state index in [1.54, 1.807) is 7.11 Å². The van der Waals surface area contributed by atoms with E-state index in [-0.39, 0.29) is 0 Å². The van der Waals surface area contributed by atoms with Crippen molar-refractivity contribution in [1.82, 2.24) is 5.32 Å². The van der Waals surface area contributed by atoms with Crippen LogP contribution in [-0.2, 0) is 11.3 Å². The lowest BCUT2D eigenvalue weighted by Gasteiger charge is -2.13. The summed E-state index contributed by atoms with van der Waals surface area (Å²) >= 11 is 8.54.